The van der Waals surface area contributed by atoms with Crippen LogP contribution in [0.1, 0.15) is 29.7 Å². The predicted octanol–water partition coefficient (Wildman–Crippen LogP) is 3.11. The molecular formula is C23H28N6O. The summed E-state index contributed by atoms with van der Waals surface area (Å²) in [5.41, 5.74) is 3.61. The molecule has 1 fully saturated rings. The monoisotopic (exact) mass is 404 g/mol. The Balaban J connectivity index is 1.50. The van der Waals surface area contributed by atoms with Gasteiger partial charge in [-0.3, -0.25) is 4.57 Å². The average molecular weight is 405 g/mol. The molecule has 4 rings (SSSR count). The maximum absolute atomic E-state index is 6.08. The molecule has 3 heterocycles. The highest BCUT2D eigenvalue weighted by atomic mass is 16.5. The van der Waals surface area contributed by atoms with Crippen molar-refractivity contribution in [3.63, 3.8) is 0 Å². The fraction of sp³-hybridized carbons (Fsp3) is 0.348. The van der Waals surface area contributed by atoms with Crippen LogP contribution in [-0.4, -0.2) is 51.6 Å². The zero-order valence-electron chi connectivity index (χ0n) is 17.5. The number of morpholine rings is 1. The second-order valence-electron chi connectivity index (χ2n) is 7.32. The quantitative estimate of drug-likeness (QED) is 0.523. The van der Waals surface area contributed by atoms with Gasteiger partial charge in [-0.25, -0.2) is 15.0 Å². The van der Waals surface area contributed by atoms with E-state index in [1.165, 1.54) is 11.1 Å². The van der Waals surface area contributed by atoms with Crippen LogP contribution >= 0.6 is 0 Å². The summed E-state index contributed by atoms with van der Waals surface area (Å²) >= 11 is 0. The third kappa shape index (κ3) is 4.68. The largest absolute Gasteiger partial charge is 0.370 e. The lowest BCUT2D eigenvalue weighted by atomic mass is 10.0. The third-order valence-corrected chi connectivity index (χ3v) is 5.23. The van der Waals surface area contributed by atoms with Gasteiger partial charge in [-0.15, -0.1) is 0 Å². The van der Waals surface area contributed by atoms with E-state index in [-0.39, 0.29) is 6.10 Å². The summed E-state index contributed by atoms with van der Waals surface area (Å²) in [6.07, 6.45) is 7.25. The van der Waals surface area contributed by atoms with Crippen molar-refractivity contribution in [3.05, 3.63) is 78.0 Å². The Morgan fingerprint density at radius 3 is 2.97 bits per heavy atom. The van der Waals surface area contributed by atoms with Crippen molar-refractivity contribution in [2.24, 2.45) is 4.99 Å². The molecule has 1 N–H and O–H groups in total. The number of aliphatic imine (C=N–C) groups is 1. The van der Waals surface area contributed by atoms with Crippen molar-refractivity contribution >= 4 is 5.96 Å². The normalized spacial score (nSPS) is 17.2. The molecule has 1 atom stereocenters. The molecule has 0 saturated carbocycles. The number of nitrogens with zero attached hydrogens (tertiary/aromatic N) is 5. The van der Waals surface area contributed by atoms with E-state index in [0.29, 0.717) is 13.2 Å². The fourth-order valence-electron chi connectivity index (χ4n) is 3.66. The lowest BCUT2D eigenvalue weighted by Gasteiger charge is -2.35. The van der Waals surface area contributed by atoms with Crippen LogP contribution in [0.25, 0.3) is 5.82 Å². The highest BCUT2D eigenvalue weighted by molar-refractivity contribution is 5.80. The van der Waals surface area contributed by atoms with Gasteiger partial charge in [0.2, 0.25) is 0 Å². The number of imidazole rings is 1. The standard InChI is InChI=1S/C23H28N6O/c1-3-25-23(27-15-19-8-9-26-22(14-19)29-11-10-24-17-29)28-12-13-30-21(16-28)20-7-5-4-6-18(20)2/h4-11,14,17,21H,3,12-13,15-16H2,1-2H3,(H,25,27). The van der Waals surface area contributed by atoms with Crippen molar-refractivity contribution < 1.29 is 4.74 Å². The molecule has 0 spiro atoms. The molecule has 2 aromatic heterocycles. The van der Waals surface area contributed by atoms with E-state index in [1.807, 2.05) is 29.1 Å². The highest BCUT2D eigenvalue weighted by Crippen LogP contribution is 2.25. The van der Waals surface area contributed by atoms with Gasteiger partial charge in [-0.1, -0.05) is 24.3 Å². The summed E-state index contributed by atoms with van der Waals surface area (Å²) in [6.45, 7) is 7.93. The first-order valence-electron chi connectivity index (χ1n) is 10.4. The molecule has 0 bridgehead atoms. The minimum atomic E-state index is 0.0533. The highest BCUT2D eigenvalue weighted by Gasteiger charge is 2.25. The van der Waals surface area contributed by atoms with E-state index >= 15 is 0 Å². The number of rotatable bonds is 5. The van der Waals surface area contributed by atoms with Crippen LogP contribution in [0.4, 0.5) is 0 Å². The number of guanidine groups is 1. The van der Waals surface area contributed by atoms with E-state index < -0.39 is 0 Å². The van der Waals surface area contributed by atoms with Crippen LogP contribution in [0.15, 0.2) is 66.3 Å². The van der Waals surface area contributed by atoms with Crippen LogP contribution in [0.2, 0.25) is 0 Å². The minimum absolute atomic E-state index is 0.0533. The van der Waals surface area contributed by atoms with Gasteiger partial charge in [0, 0.05) is 31.7 Å². The Bertz CT molecular complexity index is 985. The molecular weight excluding hydrogens is 376 g/mol. The molecule has 1 aliphatic rings. The van der Waals surface area contributed by atoms with Crippen LogP contribution in [0, 0.1) is 6.92 Å². The van der Waals surface area contributed by atoms with E-state index in [1.54, 1.807) is 12.5 Å². The number of ether oxygens (including phenoxy) is 1. The molecule has 1 aromatic carbocycles. The van der Waals surface area contributed by atoms with Crippen molar-refractivity contribution in [2.45, 2.75) is 26.5 Å². The van der Waals surface area contributed by atoms with Gasteiger partial charge in [0.05, 0.1) is 19.7 Å². The second kappa shape index (κ2) is 9.54. The molecule has 7 nitrogen and oxygen atoms in total. The molecule has 1 aliphatic heterocycles. The average Bonchev–Trinajstić information content (AvgIpc) is 3.32. The van der Waals surface area contributed by atoms with E-state index in [9.17, 15) is 0 Å². The van der Waals surface area contributed by atoms with E-state index in [4.69, 9.17) is 9.73 Å². The van der Waals surface area contributed by atoms with Gasteiger partial charge in [-0.05, 0) is 42.7 Å². The molecule has 30 heavy (non-hydrogen) atoms. The summed E-state index contributed by atoms with van der Waals surface area (Å²) < 4.78 is 7.98. The first-order valence-corrected chi connectivity index (χ1v) is 10.4. The Labute approximate surface area is 177 Å². The zero-order chi connectivity index (χ0) is 20.8. The fourth-order valence-corrected chi connectivity index (χ4v) is 3.66. The molecule has 0 radical (unpaired) electrons. The van der Waals surface area contributed by atoms with Gasteiger partial charge in [0.25, 0.3) is 0 Å². The maximum Gasteiger partial charge on any atom is 0.194 e. The SMILES string of the molecule is CCNC(=NCc1ccnc(-n2ccnc2)c1)N1CCOC(c2ccccc2C)C1. The number of aromatic nitrogens is 3. The van der Waals surface area contributed by atoms with Crippen LogP contribution in [0.3, 0.4) is 0 Å². The van der Waals surface area contributed by atoms with Gasteiger partial charge < -0.3 is 15.0 Å². The summed E-state index contributed by atoms with van der Waals surface area (Å²) in [5.74, 6) is 1.76. The summed E-state index contributed by atoms with van der Waals surface area (Å²) in [6, 6.07) is 12.5. The minimum Gasteiger partial charge on any atom is -0.370 e. The molecule has 156 valence electrons. The zero-order valence-corrected chi connectivity index (χ0v) is 17.5. The molecule has 1 saturated heterocycles. The van der Waals surface area contributed by atoms with E-state index in [0.717, 1.165) is 37.0 Å². The Morgan fingerprint density at radius 1 is 1.27 bits per heavy atom. The number of nitrogens with one attached hydrogen (secondary N) is 1. The van der Waals surface area contributed by atoms with Crippen LogP contribution in [0.5, 0.6) is 0 Å². The predicted molar refractivity (Wildman–Crippen MR) is 118 cm³/mol. The smallest absolute Gasteiger partial charge is 0.194 e. The Kier molecular flexibility index (Phi) is 6.39. The number of hydrogen-bond acceptors (Lipinski definition) is 4. The summed E-state index contributed by atoms with van der Waals surface area (Å²) in [4.78, 5) is 15.7. The van der Waals surface area contributed by atoms with Gasteiger partial charge in [-0.2, -0.15) is 0 Å². The summed E-state index contributed by atoms with van der Waals surface area (Å²) in [5, 5.41) is 3.44. The number of hydrogen-bond donors (Lipinski definition) is 1. The number of benzene rings is 1. The van der Waals surface area contributed by atoms with Crippen LogP contribution in [-0.2, 0) is 11.3 Å². The summed E-state index contributed by atoms with van der Waals surface area (Å²) in [7, 11) is 0. The Morgan fingerprint density at radius 2 is 2.17 bits per heavy atom. The van der Waals surface area contributed by atoms with Crippen molar-refractivity contribution in [1.29, 1.82) is 0 Å². The lowest BCUT2D eigenvalue weighted by molar-refractivity contribution is -0.00834. The second-order valence-corrected chi connectivity index (χ2v) is 7.32. The Hall–Kier alpha value is -3.19. The first kappa shape index (κ1) is 20.1. The lowest BCUT2D eigenvalue weighted by Crippen LogP contribution is -2.48. The van der Waals surface area contributed by atoms with Gasteiger partial charge >= 0.3 is 0 Å². The molecule has 3 aromatic rings. The van der Waals surface area contributed by atoms with Crippen LogP contribution < -0.4 is 5.32 Å². The molecule has 0 aliphatic carbocycles. The number of pyridine rings is 1. The van der Waals surface area contributed by atoms with Crippen molar-refractivity contribution in [3.8, 4) is 5.82 Å². The van der Waals surface area contributed by atoms with Gasteiger partial charge in [0.1, 0.15) is 18.2 Å². The maximum atomic E-state index is 6.08. The van der Waals surface area contributed by atoms with Gasteiger partial charge in [0.15, 0.2) is 5.96 Å². The first-order chi connectivity index (χ1) is 14.7. The molecule has 7 heteroatoms. The number of aryl methyl sites for hydroxylation is 1. The van der Waals surface area contributed by atoms with Crippen molar-refractivity contribution in [1.82, 2.24) is 24.8 Å². The topological polar surface area (TPSA) is 67.6 Å². The third-order valence-electron chi connectivity index (χ3n) is 5.23. The molecule has 1 unspecified atom stereocenters. The van der Waals surface area contributed by atoms with Crippen molar-refractivity contribution in [2.75, 3.05) is 26.2 Å². The van der Waals surface area contributed by atoms with E-state index in [2.05, 4.69) is 58.3 Å². The molecule has 0 amide bonds.